The molecular weight excluding hydrogens is 232 g/mol. The first kappa shape index (κ1) is 15.0. The van der Waals surface area contributed by atoms with Crippen molar-refractivity contribution < 1.29 is 14.7 Å². The molecule has 1 aliphatic rings. The van der Waals surface area contributed by atoms with Crippen molar-refractivity contribution in [2.24, 2.45) is 11.7 Å². The number of carbonyl (C=O) groups is 2. The number of carboxylic acid groups (broad SMARTS) is 1. The first-order valence-corrected chi connectivity index (χ1v) is 6.78. The van der Waals surface area contributed by atoms with Gasteiger partial charge in [0.15, 0.2) is 0 Å². The second-order valence-electron chi connectivity index (χ2n) is 5.18. The molecule has 1 fully saturated rings. The van der Waals surface area contributed by atoms with Gasteiger partial charge < -0.3 is 16.2 Å². The fraction of sp³-hybridized carbons (Fsp3) is 0.846. The summed E-state index contributed by atoms with van der Waals surface area (Å²) in [4.78, 5) is 22.9. The van der Waals surface area contributed by atoms with Crippen LogP contribution in [0.1, 0.15) is 51.9 Å². The Kier molecular flexibility index (Phi) is 5.59. The number of aliphatic carboxylic acids is 1. The minimum absolute atomic E-state index is 0.146. The van der Waals surface area contributed by atoms with Gasteiger partial charge in [-0.05, 0) is 44.6 Å². The summed E-state index contributed by atoms with van der Waals surface area (Å²) < 4.78 is 0. The van der Waals surface area contributed by atoms with Gasteiger partial charge in [-0.2, -0.15) is 0 Å². The summed E-state index contributed by atoms with van der Waals surface area (Å²) in [5.74, 6) is -0.591. The third-order valence-corrected chi connectivity index (χ3v) is 3.93. The molecule has 0 aromatic carbocycles. The van der Waals surface area contributed by atoms with Crippen LogP contribution in [0, 0.1) is 5.92 Å². The SMILES string of the molecule is CCC(CCN)CCC(=O)NC1(C(=O)O)CCC1. The van der Waals surface area contributed by atoms with Crippen molar-refractivity contribution in [3.05, 3.63) is 0 Å². The maximum absolute atomic E-state index is 11.8. The molecule has 1 atom stereocenters. The van der Waals surface area contributed by atoms with E-state index in [1.54, 1.807) is 0 Å². The Hall–Kier alpha value is -1.10. The summed E-state index contributed by atoms with van der Waals surface area (Å²) in [6.45, 7) is 2.72. The van der Waals surface area contributed by atoms with Crippen LogP contribution < -0.4 is 11.1 Å². The van der Waals surface area contributed by atoms with Gasteiger partial charge in [-0.15, -0.1) is 0 Å². The average Bonchev–Trinajstić information content (AvgIpc) is 2.28. The van der Waals surface area contributed by atoms with Crippen LogP contribution in [-0.4, -0.2) is 29.1 Å². The molecule has 0 bridgehead atoms. The smallest absolute Gasteiger partial charge is 0.329 e. The third-order valence-electron chi connectivity index (χ3n) is 3.93. The highest BCUT2D eigenvalue weighted by atomic mass is 16.4. The Morgan fingerprint density at radius 2 is 2.06 bits per heavy atom. The number of carbonyl (C=O) groups excluding carboxylic acids is 1. The van der Waals surface area contributed by atoms with E-state index in [9.17, 15) is 9.59 Å². The molecule has 0 heterocycles. The second-order valence-corrected chi connectivity index (χ2v) is 5.18. The second kappa shape index (κ2) is 6.73. The zero-order valence-corrected chi connectivity index (χ0v) is 11.1. The number of hydrogen-bond acceptors (Lipinski definition) is 3. The molecule has 0 spiro atoms. The van der Waals surface area contributed by atoms with Gasteiger partial charge in [0.05, 0.1) is 0 Å². The van der Waals surface area contributed by atoms with Crippen molar-refractivity contribution in [2.45, 2.75) is 57.4 Å². The van der Waals surface area contributed by atoms with Gasteiger partial charge in [0.2, 0.25) is 5.91 Å². The number of carboxylic acids is 1. The standard InChI is InChI=1S/C13H24N2O3/c1-2-10(6-9-14)4-5-11(16)15-13(12(17)18)7-3-8-13/h10H,2-9,14H2,1H3,(H,15,16)(H,17,18). The lowest BCUT2D eigenvalue weighted by Crippen LogP contribution is -2.59. The topological polar surface area (TPSA) is 92.4 Å². The minimum Gasteiger partial charge on any atom is -0.480 e. The van der Waals surface area contributed by atoms with Crippen LogP contribution >= 0.6 is 0 Å². The summed E-state index contributed by atoms with van der Waals surface area (Å²) in [6.07, 6.45) is 5.09. The van der Waals surface area contributed by atoms with E-state index in [1.165, 1.54) is 0 Å². The molecule has 0 aliphatic heterocycles. The van der Waals surface area contributed by atoms with Crippen LogP contribution in [0.15, 0.2) is 0 Å². The van der Waals surface area contributed by atoms with Crippen LogP contribution in [0.5, 0.6) is 0 Å². The van der Waals surface area contributed by atoms with Gasteiger partial charge in [0, 0.05) is 6.42 Å². The first-order valence-electron chi connectivity index (χ1n) is 6.78. The third kappa shape index (κ3) is 3.70. The lowest BCUT2D eigenvalue weighted by Gasteiger charge is -2.38. The van der Waals surface area contributed by atoms with Gasteiger partial charge >= 0.3 is 5.97 Å². The van der Waals surface area contributed by atoms with Crippen LogP contribution in [0.3, 0.4) is 0 Å². The molecule has 1 amide bonds. The molecule has 1 unspecified atom stereocenters. The molecule has 1 rings (SSSR count). The Morgan fingerprint density at radius 1 is 1.39 bits per heavy atom. The predicted octanol–water partition coefficient (Wildman–Crippen LogP) is 1.27. The molecule has 0 saturated heterocycles. The van der Waals surface area contributed by atoms with Crippen LogP contribution in [0.25, 0.3) is 0 Å². The summed E-state index contributed by atoms with van der Waals surface area (Å²) in [6, 6.07) is 0. The molecule has 0 aromatic heterocycles. The van der Waals surface area contributed by atoms with Gasteiger partial charge in [0.1, 0.15) is 5.54 Å². The van der Waals surface area contributed by atoms with Crippen molar-refractivity contribution in [1.29, 1.82) is 0 Å². The Morgan fingerprint density at radius 3 is 2.44 bits per heavy atom. The van der Waals surface area contributed by atoms with E-state index in [1.807, 2.05) is 0 Å². The molecular formula is C13H24N2O3. The van der Waals surface area contributed by atoms with Crippen molar-refractivity contribution in [2.75, 3.05) is 6.54 Å². The Labute approximate surface area is 108 Å². The predicted molar refractivity (Wildman–Crippen MR) is 69.0 cm³/mol. The van der Waals surface area contributed by atoms with Gasteiger partial charge in [-0.25, -0.2) is 4.79 Å². The summed E-state index contributed by atoms with van der Waals surface area (Å²) in [5, 5.41) is 11.8. The van der Waals surface area contributed by atoms with Gasteiger partial charge in [-0.3, -0.25) is 4.79 Å². The summed E-state index contributed by atoms with van der Waals surface area (Å²) in [7, 11) is 0. The van der Waals surface area contributed by atoms with Gasteiger partial charge in [-0.1, -0.05) is 13.3 Å². The molecule has 0 aromatic rings. The van der Waals surface area contributed by atoms with E-state index in [0.717, 1.165) is 25.7 Å². The zero-order valence-electron chi connectivity index (χ0n) is 11.1. The molecule has 4 N–H and O–H groups in total. The molecule has 5 heteroatoms. The fourth-order valence-corrected chi connectivity index (χ4v) is 2.38. The van der Waals surface area contributed by atoms with E-state index in [0.29, 0.717) is 31.7 Å². The normalized spacial score (nSPS) is 18.8. The molecule has 0 radical (unpaired) electrons. The van der Waals surface area contributed by atoms with Crippen molar-refractivity contribution in [3.63, 3.8) is 0 Å². The Balaban J connectivity index is 2.35. The number of amides is 1. The maximum Gasteiger partial charge on any atom is 0.329 e. The summed E-state index contributed by atoms with van der Waals surface area (Å²) in [5.41, 5.74) is 4.53. The molecule has 1 aliphatic carbocycles. The first-order chi connectivity index (χ1) is 8.54. The van der Waals surface area contributed by atoms with Crippen molar-refractivity contribution >= 4 is 11.9 Å². The van der Waals surface area contributed by atoms with E-state index in [4.69, 9.17) is 10.8 Å². The van der Waals surface area contributed by atoms with Crippen molar-refractivity contribution in [3.8, 4) is 0 Å². The molecule has 18 heavy (non-hydrogen) atoms. The molecule has 104 valence electrons. The number of rotatable bonds is 8. The van der Waals surface area contributed by atoms with Crippen LogP contribution in [0.4, 0.5) is 0 Å². The molecule has 5 nitrogen and oxygen atoms in total. The maximum atomic E-state index is 11.8. The Bertz CT molecular complexity index is 301. The van der Waals surface area contributed by atoms with Crippen LogP contribution in [-0.2, 0) is 9.59 Å². The van der Waals surface area contributed by atoms with E-state index >= 15 is 0 Å². The van der Waals surface area contributed by atoms with Crippen molar-refractivity contribution in [1.82, 2.24) is 5.32 Å². The largest absolute Gasteiger partial charge is 0.480 e. The van der Waals surface area contributed by atoms with Gasteiger partial charge in [0.25, 0.3) is 0 Å². The highest BCUT2D eigenvalue weighted by Crippen LogP contribution is 2.32. The van der Waals surface area contributed by atoms with E-state index < -0.39 is 11.5 Å². The average molecular weight is 256 g/mol. The summed E-state index contributed by atoms with van der Waals surface area (Å²) >= 11 is 0. The zero-order chi connectivity index (χ0) is 13.6. The fourth-order valence-electron chi connectivity index (χ4n) is 2.38. The van der Waals surface area contributed by atoms with E-state index in [2.05, 4.69) is 12.2 Å². The quantitative estimate of drug-likeness (QED) is 0.609. The number of nitrogens with one attached hydrogen (secondary N) is 1. The highest BCUT2D eigenvalue weighted by molar-refractivity contribution is 5.87. The lowest BCUT2D eigenvalue weighted by molar-refractivity contribution is -0.151. The van der Waals surface area contributed by atoms with Crippen LogP contribution in [0.2, 0.25) is 0 Å². The number of nitrogens with two attached hydrogens (primary N) is 1. The highest BCUT2D eigenvalue weighted by Gasteiger charge is 2.45. The number of hydrogen-bond donors (Lipinski definition) is 3. The molecule has 1 saturated carbocycles. The van der Waals surface area contributed by atoms with E-state index in [-0.39, 0.29) is 5.91 Å². The lowest BCUT2D eigenvalue weighted by atomic mass is 9.76. The minimum atomic E-state index is -0.980. The monoisotopic (exact) mass is 256 g/mol.